The first-order chi connectivity index (χ1) is 14.1. The highest BCUT2D eigenvalue weighted by molar-refractivity contribution is 7.92. The van der Waals surface area contributed by atoms with Crippen molar-refractivity contribution in [2.45, 2.75) is 4.90 Å². The molecule has 4 nitrogen and oxygen atoms in total. The van der Waals surface area contributed by atoms with Gasteiger partial charge in [0.15, 0.2) is 40.7 Å². The SMILES string of the molecule is COc1c(F)cc(-c2c(F)c(F)c(F)c(F)c2NS(=O)(=O)c2ccccc2)cc1F. The summed E-state index contributed by atoms with van der Waals surface area (Å²) in [7, 11) is -3.66. The molecule has 30 heavy (non-hydrogen) atoms. The first kappa shape index (κ1) is 21.5. The maximum absolute atomic E-state index is 14.5. The molecule has 0 saturated heterocycles. The van der Waals surface area contributed by atoms with Gasteiger partial charge in [-0.15, -0.1) is 0 Å². The van der Waals surface area contributed by atoms with E-state index in [-0.39, 0.29) is 0 Å². The van der Waals surface area contributed by atoms with Gasteiger partial charge in [0.1, 0.15) is 0 Å². The Hall–Kier alpha value is -3.21. The van der Waals surface area contributed by atoms with E-state index in [4.69, 9.17) is 0 Å². The topological polar surface area (TPSA) is 55.4 Å². The molecular formula is C19H11F6NO3S. The molecule has 158 valence electrons. The molecular weight excluding hydrogens is 436 g/mol. The molecule has 0 aliphatic rings. The Labute approximate surface area is 166 Å². The third-order valence-corrected chi connectivity index (χ3v) is 5.41. The largest absolute Gasteiger partial charge is 0.491 e. The van der Waals surface area contributed by atoms with Gasteiger partial charge in [0, 0.05) is 5.56 Å². The van der Waals surface area contributed by atoms with Crippen LogP contribution in [0.15, 0.2) is 47.4 Å². The van der Waals surface area contributed by atoms with Crippen molar-refractivity contribution in [2.24, 2.45) is 0 Å². The molecule has 0 fully saturated rings. The molecule has 0 heterocycles. The van der Waals surface area contributed by atoms with E-state index < -0.39 is 72.4 Å². The van der Waals surface area contributed by atoms with Crippen molar-refractivity contribution >= 4 is 15.7 Å². The molecule has 3 aromatic rings. The second-order valence-corrected chi connectivity index (χ2v) is 7.58. The molecule has 3 aromatic carbocycles. The zero-order valence-corrected chi connectivity index (χ0v) is 15.8. The summed E-state index contributed by atoms with van der Waals surface area (Å²) in [5, 5.41) is 0. The minimum atomic E-state index is -4.60. The summed E-state index contributed by atoms with van der Waals surface area (Å²) in [6.45, 7) is 0. The van der Waals surface area contributed by atoms with E-state index >= 15 is 0 Å². The molecule has 0 radical (unpaired) electrons. The lowest BCUT2D eigenvalue weighted by atomic mass is 10.0. The van der Waals surface area contributed by atoms with Gasteiger partial charge >= 0.3 is 0 Å². The van der Waals surface area contributed by atoms with Gasteiger partial charge in [-0.1, -0.05) is 18.2 Å². The molecule has 0 unspecified atom stereocenters. The van der Waals surface area contributed by atoms with Crippen LogP contribution in [0.3, 0.4) is 0 Å². The van der Waals surface area contributed by atoms with Gasteiger partial charge in [-0.05, 0) is 29.8 Å². The molecule has 1 N–H and O–H groups in total. The van der Waals surface area contributed by atoms with Crippen molar-refractivity contribution in [1.29, 1.82) is 0 Å². The number of hydrogen-bond donors (Lipinski definition) is 1. The van der Waals surface area contributed by atoms with E-state index in [0.29, 0.717) is 12.1 Å². The van der Waals surface area contributed by atoms with Gasteiger partial charge in [-0.25, -0.2) is 34.8 Å². The van der Waals surface area contributed by atoms with Crippen molar-refractivity contribution in [3.8, 4) is 16.9 Å². The molecule has 0 aromatic heterocycles. The number of methoxy groups -OCH3 is 1. The van der Waals surface area contributed by atoms with E-state index in [1.165, 1.54) is 18.2 Å². The number of nitrogens with one attached hydrogen (secondary N) is 1. The highest BCUT2D eigenvalue weighted by Gasteiger charge is 2.30. The number of benzene rings is 3. The number of halogens is 6. The number of sulfonamides is 1. The summed E-state index contributed by atoms with van der Waals surface area (Å²) in [5.41, 5.74) is -3.39. The monoisotopic (exact) mass is 447 g/mol. The van der Waals surface area contributed by atoms with Crippen LogP contribution in [0, 0.1) is 34.9 Å². The number of hydrogen-bond acceptors (Lipinski definition) is 3. The van der Waals surface area contributed by atoms with Crippen LogP contribution in [0.5, 0.6) is 5.75 Å². The summed E-state index contributed by atoms with van der Waals surface area (Å²) in [4.78, 5) is -0.410. The lowest BCUT2D eigenvalue weighted by molar-refractivity contribution is 0.360. The number of anilines is 1. The van der Waals surface area contributed by atoms with Crippen molar-refractivity contribution in [3.05, 3.63) is 77.4 Å². The smallest absolute Gasteiger partial charge is 0.262 e. The average molecular weight is 447 g/mol. The number of rotatable bonds is 5. The van der Waals surface area contributed by atoms with Gasteiger partial charge in [0.05, 0.1) is 17.7 Å². The minimum Gasteiger partial charge on any atom is -0.491 e. The fourth-order valence-corrected chi connectivity index (χ4v) is 3.78. The van der Waals surface area contributed by atoms with Gasteiger partial charge in [0.2, 0.25) is 0 Å². The summed E-state index contributed by atoms with van der Waals surface area (Å²) < 4.78 is 116. The maximum Gasteiger partial charge on any atom is 0.262 e. The predicted molar refractivity (Wildman–Crippen MR) is 95.4 cm³/mol. The van der Waals surface area contributed by atoms with E-state index in [1.54, 1.807) is 4.72 Å². The first-order valence-electron chi connectivity index (χ1n) is 8.05. The molecule has 0 aliphatic carbocycles. The zero-order valence-electron chi connectivity index (χ0n) is 14.9. The molecule has 0 amide bonds. The number of ether oxygens (including phenoxy) is 1. The first-order valence-corrected chi connectivity index (χ1v) is 9.54. The average Bonchev–Trinajstić information content (AvgIpc) is 2.71. The Bertz CT molecular complexity index is 1210. The normalized spacial score (nSPS) is 11.4. The van der Waals surface area contributed by atoms with Crippen LogP contribution in [0.2, 0.25) is 0 Å². The molecule has 0 saturated carbocycles. The lowest BCUT2D eigenvalue weighted by Gasteiger charge is -2.16. The van der Waals surface area contributed by atoms with Gasteiger partial charge in [-0.3, -0.25) is 4.72 Å². The van der Waals surface area contributed by atoms with Crippen molar-refractivity contribution in [3.63, 3.8) is 0 Å². The van der Waals surface area contributed by atoms with E-state index in [9.17, 15) is 34.8 Å². The summed E-state index contributed by atoms with van der Waals surface area (Å²) >= 11 is 0. The molecule has 3 rings (SSSR count). The summed E-state index contributed by atoms with van der Waals surface area (Å²) in [6, 6.07) is 7.24. The molecule has 0 spiro atoms. The van der Waals surface area contributed by atoms with E-state index in [1.807, 2.05) is 0 Å². The van der Waals surface area contributed by atoms with Crippen LogP contribution in [0.25, 0.3) is 11.1 Å². The molecule has 11 heteroatoms. The Morgan fingerprint density at radius 2 is 1.33 bits per heavy atom. The Balaban J connectivity index is 2.29. The van der Waals surface area contributed by atoms with Gasteiger partial charge in [0.25, 0.3) is 10.0 Å². The third kappa shape index (κ3) is 3.67. The van der Waals surface area contributed by atoms with Crippen LogP contribution in [-0.2, 0) is 10.0 Å². The highest BCUT2D eigenvalue weighted by atomic mass is 32.2. The lowest BCUT2D eigenvalue weighted by Crippen LogP contribution is -2.17. The van der Waals surface area contributed by atoms with Crippen molar-refractivity contribution in [2.75, 3.05) is 11.8 Å². The van der Waals surface area contributed by atoms with Gasteiger partial charge in [-0.2, -0.15) is 0 Å². The second kappa shape index (κ2) is 7.90. The second-order valence-electron chi connectivity index (χ2n) is 5.90. The zero-order chi connectivity index (χ0) is 22.2. The van der Waals surface area contributed by atoms with Crippen LogP contribution in [0.1, 0.15) is 0 Å². The summed E-state index contributed by atoms with van der Waals surface area (Å²) in [6.07, 6.45) is 0. The van der Waals surface area contributed by atoms with E-state index in [0.717, 1.165) is 19.2 Å². The Morgan fingerprint density at radius 3 is 1.87 bits per heavy atom. The molecule has 0 atom stereocenters. The van der Waals surface area contributed by atoms with Crippen LogP contribution in [-0.4, -0.2) is 15.5 Å². The molecule has 0 aliphatic heterocycles. The Morgan fingerprint density at radius 1 is 0.800 bits per heavy atom. The van der Waals surface area contributed by atoms with Gasteiger partial charge < -0.3 is 4.74 Å². The van der Waals surface area contributed by atoms with Crippen molar-refractivity contribution in [1.82, 2.24) is 0 Å². The van der Waals surface area contributed by atoms with Crippen LogP contribution in [0.4, 0.5) is 32.0 Å². The third-order valence-electron chi connectivity index (χ3n) is 4.05. The highest BCUT2D eigenvalue weighted by Crippen LogP contribution is 2.39. The quantitative estimate of drug-likeness (QED) is 0.340. The van der Waals surface area contributed by atoms with Crippen LogP contribution < -0.4 is 9.46 Å². The minimum absolute atomic E-state index is 0.410. The summed E-state index contributed by atoms with van der Waals surface area (Å²) in [5.74, 6) is -12.3. The Kier molecular flexibility index (Phi) is 5.66. The van der Waals surface area contributed by atoms with E-state index in [2.05, 4.69) is 4.74 Å². The van der Waals surface area contributed by atoms with Crippen LogP contribution >= 0.6 is 0 Å². The predicted octanol–water partition coefficient (Wildman–Crippen LogP) is 5.00. The fourth-order valence-electron chi connectivity index (χ4n) is 2.69. The molecule has 0 bridgehead atoms. The van der Waals surface area contributed by atoms with Crippen molar-refractivity contribution < 1.29 is 39.5 Å². The maximum atomic E-state index is 14.5. The standard InChI is InChI=1S/C19H11F6NO3S/c1-29-19-11(20)7-9(8-12(19)21)13-14(22)15(23)16(24)17(25)18(13)26-30(27,28)10-5-3-2-4-6-10/h2-8,26H,1H3. The fraction of sp³-hybridized carbons (Fsp3) is 0.0526.